The van der Waals surface area contributed by atoms with E-state index in [-0.39, 0.29) is 29.9 Å². The van der Waals surface area contributed by atoms with E-state index < -0.39 is 0 Å². The fourth-order valence-corrected chi connectivity index (χ4v) is 2.00. The minimum atomic E-state index is -0.385. The van der Waals surface area contributed by atoms with Crippen LogP contribution < -0.4 is 16.4 Å². The molecule has 0 aliphatic heterocycles. The first-order valence-electron chi connectivity index (χ1n) is 7.01. The Hall–Kier alpha value is -2.08. The molecular weight excluding hydrogens is 268 g/mol. The first kappa shape index (κ1) is 17.0. The number of carbonyl (C=O) groups is 1. The predicted molar refractivity (Wildman–Crippen MR) is 83.1 cm³/mol. The van der Waals surface area contributed by atoms with Crippen molar-refractivity contribution >= 4 is 11.7 Å². The van der Waals surface area contributed by atoms with Crippen LogP contribution in [-0.4, -0.2) is 29.0 Å². The van der Waals surface area contributed by atoms with E-state index in [4.69, 9.17) is 10.9 Å². The van der Waals surface area contributed by atoms with Crippen LogP contribution in [-0.2, 0) is 4.79 Å². The number of rotatable bonds is 7. The predicted octanol–water partition coefficient (Wildman–Crippen LogP) is 1.37. The lowest BCUT2D eigenvalue weighted by atomic mass is 10.0. The van der Waals surface area contributed by atoms with Gasteiger partial charge < -0.3 is 16.3 Å². The average Bonchev–Trinajstić information content (AvgIpc) is 2.46. The third kappa shape index (κ3) is 5.83. The van der Waals surface area contributed by atoms with E-state index in [2.05, 4.69) is 15.8 Å². The number of hydrogen-bond acceptors (Lipinski definition) is 4. The van der Waals surface area contributed by atoms with Crippen molar-refractivity contribution in [1.29, 1.82) is 0 Å². The molecule has 2 unspecified atom stereocenters. The number of nitrogens with zero attached hydrogens (tertiary/aromatic N) is 1. The van der Waals surface area contributed by atoms with Gasteiger partial charge in [-0.05, 0) is 26.3 Å². The van der Waals surface area contributed by atoms with Crippen molar-refractivity contribution < 1.29 is 10.0 Å². The van der Waals surface area contributed by atoms with Gasteiger partial charge in [0.2, 0.25) is 5.91 Å². The van der Waals surface area contributed by atoms with Crippen LogP contribution in [0.3, 0.4) is 0 Å². The normalized spacial score (nSPS) is 14.8. The zero-order valence-corrected chi connectivity index (χ0v) is 12.7. The molecule has 0 aliphatic carbocycles. The molecule has 0 radical (unpaired) electrons. The van der Waals surface area contributed by atoms with Gasteiger partial charge in [0.15, 0.2) is 0 Å². The summed E-state index contributed by atoms with van der Waals surface area (Å²) in [6.07, 6.45) is 0.319. The number of nitrogens with one attached hydrogen (secondary N) is 2. The van der Waals surface area contributed by atoms with Gasteiger partial charge >= 0.3 is 0 Å². The minimum Gasteiger partial charge on any atom is -0.409 e. The topological polar surface area (TPSA) is 99.7 Å². The fourth-order valence-electron chi connectivity index (χ4n) is 2.00. The minimum absolute atomic E-state index is 0.0783. The van der Waals surface area contributed by atoms with Crippen LogP contribution in [0.15, 0.2) is 35.5 Å². The SMILES string of the molecule is CC(C)NC(=O)C(C)NC(C/C(N)=N/O)c1ccccc1. The Morgan fingerprint density at radius 1 is 1.29 bits per heavy atom. The summed E-state index contributed by atoms with van der Waals surface area (Å²) in [5, 5.41) is 17.8. The standard InChI is InChI=1S/C15H24N4O2/c1-10(2)17-15(20)11(3)18-13(9-14(16)19-21)12-7-5-4-6-8-12/h4-8,10-11,13,18,21H,9H2,1-3H3,(H2,16,19)(H,17,20). The molecule has 6 nitrogen and oxygen atoms in total. The van der Waals surface area contributed by atoms with Crippen LogP contribution in [0.25, 0.3) is 0 Å². The third-order valence-electron chi connectivity index (χ3n) is 3.02. The van der Waals surface area contributed by atoms with Crippen molar-refractivity contribution in [3.63, 3.8) is 0 Å². The summed E-state index contributed by atoms with van der Waals surface area (Å²) in [6, 6.07) is 9.12. The molecule has 2 atom stereocenters. The molecule has 0 fully saturated rings. The van der Waals surface area contributed by atoms with Gasteiger partial charge in [-0.3, -0.25) is 10.1 Å². The second-order valence-corrected chi connectivity index (χ2v) is 5.31. The molecule has 21 heavy (non-hydrogen) atoms. The summed E-state index contributed by atoms with van der Waals surface area (Å²) in [6.45, 7) is 5.62. The van der Waals surface area contributed by atoms with Crippen molar-refractivity contribution in [1.82, 2.24) is 10.6 Å². The van der Waals surface area contributed by atoms with Gasteiger partial charge in [0, 0.05) is 18.5 Å². The van der Waals surface area contributed by atoms with E-state index in [1.54, 1.807) is 6.92 Å². The molecule has 0 aliphatic rings. The number of carbonyl (C=O) groups excluding carboxylic acids is 1. The molecule has 0 aromatic heterocycles. The van der Waals surface area contributed by atoms with Crippen molar-refractivity contribution in [3.8, 4) is 0 Å². The number of oxime groups is 1. The number of benzene rings is 1. The molecular formula is C15H24N4O2. The summed E-state index contributed by atoms with van der Waals surface area (Å²) in [5.74, 6) is 0.0401. The van der Waals surface area contributed by atoms with Crippen molar-refractivity contribution in [2.75, 3.05) is 0 Å². The van der Waals surface area contributed by atoms with Crippen molar-refractivity contribution in [3.05, 3.63) is 35.9 Å². The molecule has 1 aromatic rings. The van der Waals surface area contributed by atoms with Crippen molar-refractivity contribution in [2.24, 2.45) is 10.9 Å². The highest BCUT2D eigenvalue weighted by Gasteiger charge is 2.20. The molecule has 1 rings (SSSR count). The highest BCUT2D eigenvalue weighted by atomic mass is 16.4. The Morgan fingerprint density at radius 2 is 1.90 bits per heavy atom. The molecule has 0 saturated carbocycles. The van der Waals surface area contributed by atoms with Gasteiger partial charge in [0.1, 0.15) is 5.84 Å². The van der Waals surface area contributed by atoms with Crippen molar-refractivity contribution in [2.45, 2.75) is 45.3 Å². The summed E-state index contributed by atoms with van der Waals surface area (Å²) in [5.41, 5.74) is 6.58. The van der Waals surface area contributed by atoms with Gasteiger partial charge in [-0.25, -0.2) is 0 Å². The van der Waals surface area contributed by atoms with E-state index in [0.29, 0.717) is 6.42 Å². The second kappa shape index (κ2) is 8.26. The van der Waals surface area contributed by atoms with Crippen LogP contribution in [0, 0.1) is 0 Å². The molecule has 5 N–H and O–H groups in total. The van der Waals surface area contributed by atoms with Gasteiger partial charge in [-0.15, -0.1) is 0 Å². The molecule has 1 amide bonds. The van der Waals surface area contributed by atoms with E-state index in [9.17, 15) is 4.79 Å². The van der Waals surface area contributed by atoms with Gasteiger partial charge in [0.25, 0.3) is 0 Å². The maximum atomic E-state index is 12.0. The Bertz CT molecular complexity index is 474. The number of nitrogens with two attached hydrogens (primary N) is 1. The first-order chi connectivity index (χ1) is 9.93. The van der Waals surface area contributed by atoms with Crippen LogP contribution in [0.2, 0.25) is 0 Å². The van der Waals surface area contributed by atoms with Gasteiger partial charge in [0.05, 0.1) is 6.04 Å². The van der Waals surface area contributed by atoms with Crippen LogP contribution in [0.4, 0.5) is 0 Å². The lowest BCUT2D eigenvalue weighted by molar-refractivity contribution is -0.123. The Kier molecular flexibility index (Phi) is 6.68. The number of amidine groups is 1. The molecule has 0 saturated heterocycles. The van der Waals surface area contributed by atoms with E-state index in [0.717, 1.165) is 5.56 Å². The molecule has 0 bridgehead atoms. The maximum absolute atomic E-state index is 12.0. The third-order valence-corrected chi connectivity index (χ3v) is 3.02. The molecule has 0 heterocycles. The Morgan fingerprint density at radius 3 is 2.43 bits per heavy atom. The van der Waals surface area contributed by atoms with E-state index in [1.807, 2.05) is 44.2 Å². The maximum Gasteiger partial charge on any atom is 0.237 e. The number of hydrogen-bond donors (Lipinski definition) is 4. The van der Waals surface area contributed by atoms with Gasteiger partial charge in [-0.1, -0.05) is 35.5 Å². The molecule has 1 aromatic carbocycles. The molecule has 116 valence electrons. The van der Waals surface area contributed by atoms with Crippen LogP contribution >= 0.6 is 0 Å². The van der Waals surface area contributed by atoms with E-state index in [1.165, 1.54) is 0 Å². The highest BCUT2D eigenvalue weighted by Crippen LogP contribution is 2.17. The zero-order valence-electron chi connectivity index (χ0n) is 12.7. The molecule has 0 spiro atoms. The smallest absolute Gasteiger partial charge is 0.237 e. The van der Waals surface area contributed by atoms with Crippen LogP contribution in [0.1, 0.15) is 38.8 Å². The lowest BCUT2D eigenvalue weighted by Gasteiger charge is -2.23. The summed E-state index contributed by atoms with van der Waals surface area (Å²) >= 11 is 0. The fraction of sp³-hybridized carbons (Fsp3) is 0.467. The zero-order chi connectivity index (χ0) is 15.8. The monoisotopic (exact) mass is 292 g/mol. The van der Waals surface area contributed by atoms with Gasteiger partial charge in [-0.2, -0.15) is 0 Å². The quantitative estimate of drug-likeness (QED) is 0.264. The van der Waals surface area contributed by atoms with E-state index >= 15 is 0 Å². The second-order valence-electron chi connectivity index (χ2n) is 5.31. The largest absolute Gasteiger partial charge is 0.409 e. The van der Waals surface area contributed by atoms with Crippen LogP contribution in [0.5, 0.6) is 0 Å². The molecule has 6 heteroatoms. The highest BCUT2D eigenvalue weighted by molar-refractivity contribution is 5.82. The summed E-state index contributed by atoms with van der Waals surface area (Å²) < 4.78 is 0. The summed E-state index contributed by atoms with van der Waals surface area (Å²) in [4.78, 5) is 12.0. The average molecular weight is 292 g/mol. The first-order valence-corrected chi connectivity index (χ1v) is 7.01. The summed E-state index contributed by atoms with van der Waals surface area (Å²) in [7, 11) is 0. The Balaban J connectivity index is 2.80. The lowest BCUT2D eigenvalue weighted by Crippen LogP contribution is -2.46. The Labute approximate surface area is 125 Å². The number of amides is 1.